The van der Waals surface area contributed by atoms with Crippen molar-refractivity contribution in [2.24, 2.45) is 23.7 Å². The minimum atomic E-state index is -0.837. The Hall–Kier alpha value is -0.730. The molecular weight excluding hydrogens is 556 g/mol. The maximum atomic E-state index is 13.1. The number of carbonyl (C=O) groups excluding carboxylic acids is 3. The van der Waals surface area contributed by atoms with Gasteiger partial charge in [-0.25, -0.2) is 0 Å². The summed E-state index contributed by atoms with van der Waals surface area (Å²) in [6.45, 7) is 5.48. The molecule has 7 atom stereocenters. The van der Waals surface area contributed by atoms with E-state index in [1.165, 1.54) is 4.90 Å². The molecule has 3 aliphatic rings. The zero-order chi connectivity index (χ0) is 20.5. The van der Waals surface area contributed by atoms with E-state index in [1.807, 2.05) is 26.0 Å². The van der Waals surface area contributed by atoms with Crippen molar-refractivity contribution < 1.29 is 14.4 Å². The number of rotatable bonds is 3. The molecule has 150 valence electrons. The number of aryl methyl sites for hydroxylation is 2. The molecule has 4 rings (SSSR count). The van der Waals surface area contributed by atoms with Crippen molar-refractivity contribution in [3.8, 4) is 0 Å². The first-order valence-corrected chi connectivity index (χ1v) is 12.0. The number of fused-ring (bicyclic) bond motifs is 5. The van der Waals surface area contributed by atoms with Crippen molar-refractivity contribution in [2.45, 2.75) is 42.9 Å². The molecule has 0 radical (unpaired) electrons. The number of amides is 3. The van der Waals surface area contributed by atoms with Crippen LogP contribution in [0.25, 0.3) is 0 Å². The third-order valence-corrected chi connectivity index (χ3v) is 10.6. The van der Waals surface area contributed by atoms with Gasteiger partial charge in [0, 0.05) is 19.8 Å². The Morgan fingerprint density at radius 1 is 1.07 bits per heavy atom. The molecule has 1 heterocycles. The number of imide groups is 1. The Morgan fingerprint density at radius 3 is 2.14 bits per heavy atom. The normalized spacial score (nSPS) is 34.7. The molecule has 8 heteroatoms. The lowest BCUT2D eigenvalue weighted by Crippen LogP contribution is -2.46. The molecule has 3 amide bonds. The van der Waals surface area contributed by atoms with E-state index in [-0.39, 0.29) is 51.0 Å². The molecule has 1 aliphatic heterocycles. The minimum absolute atomic E-state index is 0.146. The summed E-state index contributed by atoms with van der Waals surface area (Å²) in [5.74, 6) is -1.05. The molecule has 5 nitrogen and oxygen atoms in total. The predicted molar refractivity (Wildman–Crippen MR) is 118 cm³/mol. The number of carbonyl (C=O) groups is 3. The van der Waals surface area contributed by atoms with E-state index in [9.17, 15) is 14.4 Å². The van der Waals surface area contributed by atoms with E-state index in [0.717, 1.165) is 22.0 Å². The smallest absolute Gasteiger partial charge is 0.247 e. The van der Waals surface area contributed by atoms with Gasteiger partial charge in [-0.3, -0.25) is 19.3 Å². The largest absolute Gasteiger partial charge is 0.324 e. The molecule has 2 saturated carbocycles. The van der Waals surface area contributed by atoms with Gasteiger partial charge in [0.25, 0.3) is 0 Å². The van der Waals surface area contributed by atoms with Gasteiger partial charge in [0.15, 0.2) is 0 Å². The highest BCUT2D eigenvalue weighted by atomic mass is 79.9. The zero-order valence-corrected chi connectivity index (χ0v) is 20.5. The molecule has 1 N–H and O–H groups in total. The van der Waals surface area contributed by atoms with Crippen LogP contribution in [0, 0.1) is 37.5 Å². The molecule has 0 spiro atoms. The maximum absolute atomic E-state index is 13.1. The first-order chi connectivity index (χ1) is 13.1. The molecule has 3 fully saturated rings. The predicted octanol–water partition coefficient (Wildman–Crippen LogP) is 4.17. The van der Waals surface area contributed by atoms with Gasteiger partial charge in [0.05, 0.1) is 11.8 Å². The Balaban J connectivity index is 1.55. The van der Waals surface area contributed by atoms with Gasteiger partial charge in [-0.15, -0.1) is 0 Å². The summed E-state index contributed by atoms with van der Waals surface area (Å²) >= 11 is 10.8. The monoisotopic (exact) mass is 574 g/mol. The van der Waals surface area contributed by atoms with E-state index in [4.69, 9.17) is 0 Å². The first-order valence-electron chi connectivity index (χ1n) is 9.36. The first kappa shape index (κ1) is 20.5. The van der Waals surface area contributed by atoms with Gasteiger partial charge in [-0.05, 0) is 62.3 Å². The third kappa shape index (κ3) is 2.93. The van der Waals surface area contributed by atoms with Crippen LogP contribution in [0.2, 0.25) is 0 Å². The Morgan fingerprint density at radius 2 is 1.61 bits per heavy atom. The number of anilines is 1. The van der Waals surface area contributed by atoms with E-state index < -0.39 is 6.04 Å². The van der Waals surface area contributed by atoms with Crippen LogP contribution in [-0.4, -0.2) is 38.3 Å². The molecule has 28 heavy (non-hydrogen) atoms. The van der Waals surface area contributed by atoms with Crippen LogP contribution in [0.4, 0.5) is 5.69 Å². The number of nitrogens with zero attached hydrogens (tertiary/aromatic N) is 1. The fourth-order valence-electron chi connectivity index (χ4n) is 5.02. The van der Waals surface area contributed by atoms with Crippen LogP contribution in [-0.2, 0) is 14.4 Å². The number of nitrogens with one attached hydrogen (secondary N) is 1. The second-order valence-electron chi connectivity index (χ2n) is 8.13. The summed E-state index contributed by atoms with van der Waals surface area (Å²) in [6, 6.07) is 2.99. The van der Waals surface area contributed by atoms with Crippen LogP contribution in [0.1, 0.15) is 24.5 Å². The number of hydrogen-bond acceptors (Lipinski definition) is 3. The summed E-state index contributed by atoms with van der Waals surface area (Å²) in [5, 5.41) is 2.89. The fourth-order valence-corrected chi connectivity index (χ4v) is 7.35. The lowest BCUT2D eigenvalue weighted by molar-refractivity contribution is -0.146. The standard InChI is InChI=1S/C20H21Br3N2O3/c1-7-5-13(8(2)4-12(7)21)24-18(26)9(3)25-19(27)14-10-6-11(15(14)20(25)28)17(23)16(10)22/h4-5,9-11,14-17H,6H2,1-3H3,(H,24,26)/t9-,10-,11+,14+,15-,16-,17-/m1/s1. The second-order valence-corrected chi connectivity index (χ2v) is 11.1. The second kappa shape index (κ2) is 7.20. The molecule has 0 aromatic heterocycles. The summed E-state index contributed by atoms with van der Waals surface area (Å²) in [7, 11) is 0. The zero-order valence-electron chi connectivity index (χ0n) is 15.7. The van der Waals surface area contributed by atoms with Crippen molar-refractivity contribution in [1.29, 1.82) is 0 Å². The van der Waals surface area contributed by atoms with Gasteiger partial charge < -0.3 is 5.32 Å². The van der Waals surface area contributed by atoms with Crippen molar-refractivity contribution >= 4 is 71.2 Å². The molecule has 2 aliphatic carbocycles. The van der Waals surface area contributed by atoms with E-state index in [2.05, 4.69) is 53.1 Å². The van der Waals surface area contributed by atoms with Crippen LogP contribution < -0.4 is 5.32 Å². The highest BCUT2D eigenvalue weighted by Gasteiger charge is 2.67. The molecule has 0 unspecified atom stereocenters. The number of benzene rings is 1. The molecule has 1 aromatic rings. The Kier molecular flexibility index (Phi) is 5.28. The average molecular weight is 577 g/mol. The molecule has 2 bridgehead atoms. The third-order valence-electron chi connectivity index (χ3n) is 6.55. The number of likely N-dealkylation sites (tertiary alicyclic amines) is 1. The lowest BCUT2D eigenvalue weighted by Gasteiger charge is -2.28. The van der Waals surface area contributed by atoms with Gasteiger partial charge in [0.2, 0.25) is 17.7 Å². The van der Waals surface area contributed by atoms with Crippen molar-refractivity contribution in [3.63, 3.8) is 0 Å². The maximum Gasteiger partial charge on any atom is 0.247 e. The van der Waals surface area contributed by atoms with E-state index in [1.54, 1.807) is 6.92 Å². The lowest BCUT2D eigenvalue weighted by atomic mass is 9.81. The summed E-state index contributed by atoms with van der Waals surface area (Å²) in [5.41, 5.74) is 2.61. The van der Waals surface area contributed by atoms with Crippen molar-refractivity contribution in [3.05, 3.63) is 27.7 Å². The Bertz CT molecular complexity index is 858. The van der Waals surface area contributed by atoms with E-state index in [0.29, 0.717) is 5.69 Å². The van der Waals surface area contributed by atoms with Gasteiger partial charge in [0.1, 0.15) is 6.04 Å². The summed E-state index contributed by atoms with van der Waals surface area (Å²) in [4.78, 5) is 40.6. The SMILES string of the molecule is Cc1cc(NC(=O)[C@@H](C)N2C(=O)[C@@H]3[C@@H]4C[C@@H]([C@@H](Br)[C@@H]4Br)[C@@H]3C2=O)c(C)cc1Br. The molecule has 1 aromatic carbocycles. The summed E-state index contributed by atoms with van der Waals surface area (Å²) in [6.07, 6.45) is 0.879. The quantitative estimate of drug-likeness (QED) is 0.434. The molecule has 1 saturated heterocycles. The molecular formula is C20H21Br3N2O3. The van der Waals surface area contributed by atoms with Crippen molar-refractivity contribution in [2.75, 3.05) is 5.32 Å². The number of hydrogen-bond donors (Lipinski definition) is 1. The summed E-state index contributed by atoms with van der Waals surface area (Å²) < 4.78 is 0.970. The van der Waals surface area contributed by atoms with Crippen LogP contribution >= 0.6 is 47.8 Å². The van der Waals surface area contributed by atoms with Gasteiger partial charge in [-0.1, -0.05) is 47.8 Å². The fraction of sp³-hybridized carbons (Fsp3) is 0.550. The van der Waals surface area contributed by atoms with Crippen molar-refractivity contribution in [1.82, 2.24) is 4.90 Å². The minimum Gasteiger partial charge on any atom is -0.324 e. The average Bonchev–Trinajstić information content (AvgIpc) is 3.24. The van der Waals surface area contributed by atoms with Crippen LogP contribution in [0.15, 0.2) is 16.6 Å². The number of alkyl halides is 2. The van der Waals surface area contributed by atoms with Crippen LogP contribution in [0.5, 0.6) is 0 Å². The Labute approximate surface area is 189 Å². The highest BCUT2D eigenvalue weighted by molar-refractivity contribution is 9.12. The highest BCUT2D eigenvalue weighted by Crippen LogP contribution is 2.60. The van der Waals surface area contributed by atoms with E-state index >= 15 is 0 Å². The topological polar surface area (TPSA) is 66.5 Å². The van der Waals surface area contributed by atoms with Gasteiger partial charge >= 0.3 is 0 Å². The van der Waals surface area contributed by atoms with Crippen LogP contribution in [0.3, 0.4) is 0 Å². The van der Waals surface area contributed by atoms with Gasteiger partial charge in [-0.2, -0.15) is 0 Å². The number of halogens is 3.